The Labute approximate surface area is 191 Å². The molecule has 4 rings (SSSR count). The summed E-state index contributed by atoms with van der Waals surface area (Å²) in [5, 5.41) is 0. The molecule has 0 aromatic heterocycles. The molecule has 0 radical (unpaired) electrons. The maximum Gasteiger partial charge on any atom is 0.0393 e. The fourth-order valence-electron chi connectivity index (χ4n) is 3.63. The minimum Gasteiger partial charge on any atom is -0.0603 e. The van der Waals surface area contributed by atoms with E-state index in [0.29, 0.717) is 0 Å². The van der Waals surface area contributed by atoms with Gasteiger partial charge in [-0.3, -0.25) is 0 Å². The van der Waals surface area contributed by atoms with Crippen LogP contribution in [0.2, 0.25) is 0 Å². The molecule has 4 aromatic carbocycles. The molecular formula is C32H28. The Morgan fingerprint density at radius 3 is 0.719 bits per heavy atom. The van der Waals surface area contributed by atoms with E-state index in [2.05, 4.69) is 136 Å². The summed E-state index contributed by atoms with van der Waals surface area (Å²) in [4.78, 5) is 0. The van der Waals surface area contributed by atoms with Gasteiger partial charge >= 0.3 is 0 Å². The minimum atomic E-state index is 1.04. The van der Waals surface area contributed by atoms with Crippen LogP contribution in [0.5, 0.6) is 0 Å². The number of rotatable bonds is 4. The van der Waals surface area contributed by atoms with Gasteiger partial charge in [-0.2, -0.15) is 0 Å². The van der Waals surface area contributed by atoms with Crippen molar-refractivity contribution in [3.63, 3.8) is 0 Å². The van der Waals surface area contributed by atoms with Gasteiger partial charge < -0.3 is 0 Å². The molecule has 0 aliphatic heterocycles. The van der Waals surface area contributed by atoms with E-state index in [4.69, 9.17) is 0 Å². The standard InChI is InChI=1S/C32H28/c1-23-5-13-27(14-6-23)31(28-15-7-24(2)8-16-28)21-22-32(29-17-9-25(3)10-18-29)30-19-11-26(4)12-20-30/h5-20H,1-4H3. The van der Waals surface area contributed by atoms with Crippen molar-refractivity contribution in [1.82, 2.24) is 0 Å². The number of aryl methyl sites for hydroxylation is 4. The van der Waals surface area contributed by atoms with Gasteiger partial charge in [0.2, 0.25) is 0 Å². The summed E-state index contributed by atoms with van der Waals surface area (Å²) in [5.74, 6) is 0. The van der Waals surface area contributed by atoms with Crippen LogP contribution in [0.15, 0.2) is 109 Å². The molecule has 0 amide bonds. The third-order valence-electron chi connectivity index (χ3n) is 5.67. The lowest BCUT2D eigenvalue weighted by atomic mass is 9.95. The predicted octanol–water partition coefficient (Wildman–Crippen LogP) is 8.24. The second-order valence-electron chi connectivity index (χ2n) is 8.46. The first-order valence-corrected chi connectivity index (χ1v) is 11.0. The first kappa shape index (κ1) is 21.4. The van der Waals surface area contributed by atoms with Crippen LogP contribution in [0.3, 0.4) is 0 Å². The van der Waals surface area contributed by atoms with Gasteiger partial charge in [0.1, 0.15) is 0 Å². The lowest BCUT2D eigenvalue weighted by Gasteiger charge is -2.08. The first-order valence-electron chi connectivity index (χ1n) is 11.0. The number of hydrogen-bond donors (Lipinski definition) is 0. The Bertz CT molecular complexity index is 1100. The van der Waals surface area contributed by atoms with Gasteiger partial charge in [0.05, 0.1) is 0 Å². The van der Waals surface area contributed by atoms with Crippen LogP contribution < -0.4 is 0 Å². The summed E-state index contributed by atoms with van der Waals surface area (Å²) < 4.78 is 0. The molecule has 0 saturated heterocycles. The highest BCUT2D eigenvalue weighted by molar-refractivity contribution is 5.83. The third kappa shape index (κ3) is 5.08. The monoisotopic (exact) mass is 412 g/mol. The van der Waals surface area contributed by atoms with Crippen molar-refractivity contribution in [1.29, 1.82) is 0 Å². The second-order valence-corrected chi connectivity index (χ2v) is 8.46. The lowest BCUT2D eigenvalue weighted by molar-refractivity contribution is 1.42. The maximum absolute atomic E-state index is 3.55. The molecule has 0 bridgehead atoms. The quantitative estimate of drug-likeness (QED) is 0.296. The van der Waals surface area contributed by atoms with E-state index >= 15 is 0 Å². The maximum atomic E-state index is 3.55. The van der Waals surface area contributed by atoms with E-state index in [9.17, 15) is 0 Å². The second kappa shape index (κ2) is 9.54. The lowest BCUT2D eigenvalue weighted by Crippen LogP contribution is -1.89. The van der Waals surface area contributed by atoms with Gasteiger partial charge in [-0.05, 0) is 49.9 Å². The average Bonchev–Trinajstić information content (AvgIpc) is 2.80. The Kier molecular flexibility index (Phi) is 6.39. The molecular weight excluding hydrogens is 384 g/mol. The van der Waals surface area contributed by atoms with Gasteiger partial charge in [-0.15, -0.1) is 0 Å². The average molecular weight is 413 g/mol. The molecule has 0 nitrogen and oxygen atoms in total. The highest BCUT2D eigenvalue weighted by Gasteiger charge is 2.07. The van der Waals surface area contributed by atoms with Gasteiger partial charge in [0.25, 0.3) is 0 Å². The Hall–Kier alpha value is -3.82. The van der Waals surface area contributed by atoms with E-state index in [0.717, 1.165) is 33.4 Å². The molecule has 0 heteroatoms. The zero-order valence-corrected chi connectivity index (χ0v) is 19.2. The van der Waals surface area contributed by atoms with Crippen LogP contribution in [0.4, 0.5) is 0 Å². The van der Waals surface area contributed by atoms with Crippen LogP contribution in [0.25, 0.3) is 11.1 Å². The summed E-state index contributed by atoms with van der Waals surface area (Å²) in [6.45, 7) is 8.45. The van der Waals surface area contributed by atoms with Crippen LogP contribution >= 0.6 is 0 Å². The van der Waals surface area contributed by atoms with Crippen LogP contribution in [0, 0.1) is 27.7 Å². The summed E-state index contributed by atoms with van der Waals surface area (Å²) in [7, 11) is 0. The fourth-order valence-corrected chi connectivity index (χ4v) is 3.63. The first-order chi connectivity index (χ1) is 15.5. The largest absolute Gasteiger partial charge is 0.0603 e. The Balaban J connectivity index is 2.00. The van der Waals surface area contributed by atoms with E-state index in [1.165, 1.54) is 22.3 Å². The van der Waals surface area contributed by atoms with Gasteiger partial charge in [-0.1, -0.05) is 131 Å². The van der Waals surface area contributed by atoms with Crippen LogP contribution in [0.1, 0.15) is 44.5 Å². The zero-order chi connectivity index (χ0) is 22.5. The summed E-state index contributed by atoms with van der Waals surface area (Å²) >= 11 is 0. The van der Waals surface area contributed by atoms with Gasteiger partial charge in [0.15, 0.2) is 0 Å². The molecule has 0 saturated carbocycles. The smallest absolute Gasteiger partial charge is 0.0393 e. The van der Waals surface area contributed by atoms with Gasteiger partial charge in [-0.25, -0.2) is 0 Å². The summed E-state index contributed by atoms with van der Waals surface area (Å²) in [6, 6.07) is 34.5. The van der Waals surface area contributed by atoms with Crippen molar-refractivity contribution in [2.75, 3.05) is 0 Å². The van der Waals surface area contributed by atoms with Crippen molar-refractivity contribution in [2.45, 2.75) is 27.7 Å². The number of benzene rings is 4. The highest BCUT2D eigenvalue weighted by atomic mass is 14.1. The molecule has 0 fully saturated rings. The SMILES string of the molecule is Cc1ccc(C(=C=C=C(c2ccc(C)cc2)c2ccc(C)cc2)c2ccc(C)cc2)cc1. The van der Waals surface area contributed by atoms with Crippen LogP contribution in [-0.4, -0.2) is 0 Å². The van der Waals surface area contributed by atoms with Gasteiger partial charge in [0, 0.05) is 11.1 Å². The van der Waals surface area contributed by atoms with E-state index in [1.54, 1.807) is 0 Å². The molecule has 32 heavy (non-hydrogen) atoms. The van der Waals surface area contributed by atoms with Crippen LogP contribution in [-0.2, 0) is 0 Å². The van der Waals surface area contributed by atoms with Crippen molar-refractivity contribution in [3.8, 4) is 0 Å². The molecule has 0 spiro atoms. The molecule has 0 aliphatic carbocycles. The van der Waals surface area contributed by atoms with Crippen molar-refractivity contribution in [3.05, 3.63) is 153 Å². The fraction of sp³-hybridized carbons (Fsp3) is 0.125. The normalized spacial score (nSPS) is 10.2. The topological polar surface area (TPSA) is 0 Å². The minimum absolute atomic E-state index is 1.04. The molecule has 0 heterocycles. The van der Waals surface area contributed by atoms with Crippen molar-refractivity contribution >= 4 is 11.1 Å². The zero-order valence-electron chi connectivity index (χ0n) is 19.2. The predicted molar refractivity (Wildman–Crippen MR) is 137 cm³/mol. The molecule has 0 atom stereocenters. The van der Waals surface area contributed by atoms with Crippen molar-refractivity contribution in [2.24, 2.45) is 0 Å². The Morgan fingerprint density at radius 1 is 0.344 bits per heavy atom. The number of hydrogen-bond acceptors (Lipinski definition) is 0. The van der Waals surface area contributed by atoms with Crippen molar-refractivity contribution < 1.29 is 0 Å². The molecule has 156 valence electrons. The summed E-state index contributed by atoms with van der Waals surface area (Å²) in [6.07, 6.45) is 0. The Morgan fingerprint density at radius 2 is 0.531 bits per heavy atom. The van der Waals surface area contributed by atoms with E-state index in [1.807, 2.05) is 0 Å². The van der Waals surface area contributed by atoms with E-state index < -0.39 is 0 Å². The highest BCUT2D eigenvalue weighted by Crippen LogP contribution is 2.26. The van der Waals surface area contributed by atoms with E-state index in [-0.39, 0.29) is 0 Å². The summed E-state index contributed by atoms with van der Waals surface area (Å²) in [5.41, 5.74) is 18.7. The third-order valence-corrected chi connectivity index (χ3v) is 5.67. The molecule has 0 unspecified atom stereocenters. The molecule has 0 aliphatic rings. The molecule has 0 N–H and O–H groups in total. The molecule has 4 aromatic rings.